The molecule has 0 radical (unpaired) electrons. The highest BCUT2D eigenvalue weighted by Crippen LogP contribution is 2.54. The van der Waals surface area contributed by atoms with Crippen LogP contribution in [0.1, 0.15) is 91.0 Å². The van der Waals surface area contributed by atoms with Crippen LogP contribution in [0.25, 0.3) is 44.4 Å². The summed E-state index contributed by atoms with van der Waals surface area (Å²) < 4.78 is 11.5. The number of benzene rings is 3. The Morgan fingerprint density at radius 3 is 1.58 bits per heavy atom. The van der Waals surface area contributed by atoms with Gasteiger partial charge in [0.1, 0.15) is 22.9 Å². The lowest BCUT2D eigenvalue weighted by atomic mass is 9.98. The first-order valence-corrected chi connectivity index (χ1v) is 18.6. The molecule has 2 saturated carbocycles. The van der Waals surface area contributed by atoms with Gasteiger partial charge in [0, 0.05) is 23.2 Å². The van der Waals surface area contributed by atoms with E-state index >= 15 is 0 Å². The molecule has 5 aromatic rings. The number of ether oxygens (including phenoxy) is 2. The molecule has 4 fully saturated rings. The van der Waals surface area contributed by atoms with Crippen molar-refractivity contribution < 1.29 is 19.1 Å². The van der Waals surface area contributed by atoms with Crippen molar-refractivity contribution in [2.75, 3.05) is 0 Å². The number of carbonyl (C=O) groups excluding carboxylic acids is 2. The van der Waals surface area contributed by atoms with Gasteiger partial charge in [-0.3, -0.25) is 9.80 Å². The molecule has 9 rings (SSSR count). The topological polar surface area (TPSA) is 116 Å². The Balaban J connectivity index is 0.919. The summed E-state index contributed by atoms with van der Waals surface area (Å²) in [5, 5.41) is 2.28. The molecule has 3 aromatic carbocycles. The lowest BCUT2D eigenvalue weighted by Gasteiger charge is -2.29. The van der Waals surface area contributed by atoms with E-state index in [0.29, 0.717) is 11.8 Å². The zero-order chi connectivity index (χ0) is 36.1. The number of H-pyrrole nitrogens is 2. The van der Waals surface area contributed by atoms with Gasteiger partial charge < -0.3 is 19.4 Å². The molecule has 0 spiro atoms. The van der Waals surface area contributed by atoms with E-state index in [2.05, 4.69) is 70.6 Å². The average molecular weight is 699 g/mol. The van der Waals surface area contributed by atoms with Gasteiger partial charge in [-0.05, 0) is 119 Å². The number of nitrogens with one attached hydrogen (secondary N) is 2. The Morgan fingerprint density at radius 1 is 0.615 bits per heavy atom. The molecule has 0 unspecified atom stereocenters. The van der Waals surface area contributed by atoms with Crippen molar-refractivity contribution in [2.45, 2.75) is 103 Å². The number of piperidine rings is 2. The van der Waals surface area contributed by atoms with Crippen molar-refractivity contribution in [3.63, 3.8) is 0 Å². The number of rotatable bonds is 5. The highest BCUT2D eigenvalue weighted by molar-refractivity contribution is 5.91. The van der Waals surface area contributed by atoms with E-state index in [4.69, 9.17) is 19.4 Å². The summed E-state index contributed by atoms with van der Waals surface area (Å²) >= 11 is 0. The third kappa shape index (κ3) is 6.11. The van der Waals surface area contributed by atoms with Gasteiger partial charge in [0.05, 0.1) is 35.9 Å². The highest BCUT2D eigenvalue weighted by atomic mass is 16.6. The number of likely N-dealkylation sites (tertiary alicyclic amines) is 2. The van der Waals surface area contributed by atoms with E-state index in [-0.39, 0.29) is 36.4 Å². The molecule has 0 bridgehead atoms. The van der Waals surface area contributed by atoms with E-state index in [1.807, 2.05) is 63.7 Å². The monoisotopic (exact) mass is 698 g/mol. The SMILES string of the molecule is CC(C)(C)OC(=O)N1[C@@H]2C[C@@H]2C[C@H]1c1ncc(-c2cccc(-c3ccc4cc(-c5cnc([C@H]6C[C@@H]7C[C@@H]7N6C(=O)OC(C)(C)C)[nH]5)ccc4c3)c2)[nH]1. The second kappa shape index (κ2) is 11.7. The van der Waals surface area contributed by atoms with E-state index < -0.39 is 11.2 Å². The molecule has 10 nitrogen and oxygen atoms in total. The summed E-state index contributed by atoms with van der Waals surface area (Å²) in [5.41, 5.74) is 5.10. The van der Waals surface area contributed by atoms with Crippen molar-refractivity contribution in [2.24, 2.45) is 11.8 Å². The molecule has 2 aliphatic heterocycles. The normalized spacial score (nSPS) is 24.9. The summed E-state index contributed by atoms with van der Waals surface area (Å²) in [5.74, 6) is 2.67. The third-order valence-corrected chi connectivity index (χ3v) is 10.9. The number of carbonyl (C=O) groups is 2. The number of hydrogen-bond acceptors (Lipinski definition) is 6. The molecule has 2 N–H and O–H groups in total. The van der Waals surface area contributed by atoms with Crippen LogP contribution in [0.2, 0.25) is 0 Å². The van der Waals surface area contributed by atoms with E-state index in [0.717, 1.165) is 81.7 Å². The maximum atomic E-state index is 13.1. The number of nitrogens with zero attached hydrogens (tertiary/aromatic N) is 4. The average Bonchev–Trinajstić information content (AvgIpc) is 3.68. The fraction of sp³-hybridized carbons (Fsp3) is 0.429. The first kappa shape index (κ1) is 32.8. The molecule has 2 amide bonds. The number of imidazole rings is 2. The molecule has 10 heteroatoms. The van der Waals surface area contributed by atoms with Crippen molar-refractivity contribution in [1.29, 1.82) is 0 Å². The Kier molecular flexibility index (Phi) is 7.37. The third-order valence-electron chi connectivity index (χ3n) is 10.9. The van der Waals surface area contributed by atoms with E-state index in [1.165, 1.54) is 0 Å². The lowest BCUT2D eigenvalue weighted by Crippen LogP contribution is -2.38. The van der Waals surface area contributed by atoms with Crippen LogP contribution in [0, 0.1) is 11.8 Å². The minimum atomic E-state index is -0.540. The Labute approximate surface area is 303 Å². The van der Waals surface area contributed by atoms with Gasteiger partial charge in [0.2, 0.25) is 0 Å². The highest BCUT2D eigenvalue weighted by Gasteiger charge is 2.57. The second-order valence-corrected chi connectivity index (χ2v) is 17.1. The molecule has 52 heavy (non-hydrogen) atoms. The predicted molar refractivity (Wildman–Crippen MR) is 199 cm³/mol. The van der Waals surface area contributed by atoms with Crippen molar-refractivity contribution in [3.05, 3.63) is 84.7 Å². The standard InChI is InChI=1S/C42H46N6O4/c1-41(2,3)51-39(49)47-33-17-29(33)19-35(47)37-43-21-31(45-37)27-9-7-8-23(15-27)24-10-11-26-16-28(13-12-25(26)14-24)32-22-44-38(46-32)36-20-30-18-34(30)48(36)40(50)52-42(4,5)6/h7-16,21-22,29-30,33-36H,17-20H2,1-6H3,(H,43,45)(H,44,46)/t29-,30+,33-,34+,35+,36-/m1/s1. The quantitative estimate of drug-likeness (QED) is 0.189. The zero-order valence-corrected chi connectivity index (χ0v) is 30.6. The summed E-state index contributed by atoms with van der Waals surface area (Å²) in [7, 11) is 0. The number of hydrogen-bond donors (Lipinski definition) is 2. The van der Waals surface area contributed by atoms with Gasteiger partial charge in [0.25, 0.3) is 0 Å². The van der Waals surface area contributed by atoms with Gasteiger partial charge in [-0.15, -0.1) is 0 Å². The molecule has 4 heterocycles. The van der Waals surface area contributed by atoms with Gasteiger partial charge >= 0.3 is 12.2 Å². The number of amides is 2. The van der Waals surface area contributed by atoms with Gasteiger partial charge in [-0.25, -0.2) is 19.6 Å². The van der Waals surface area contributed by atoms with Gasteiger partial charge in [-0.1, -0.05) is 42.5 Å². The Bertz CT molecular complexity index is 2210. The maximum absolute atomic E-state index is 13.1. The van der Waals surface area contributed by atoms with Crippen LogP contribution >= 0.6 is 0 Å². The molecular formula is C42H46N6O4. The fourth-order valence-electron chi connectivity index (χ4n) is 8.32. The van der Waals surface area contributed by atoms with Crippen LogP contribution in [-0.2, 0) is 9.47 Å². The summed E-state index contributed by atoms with van der Waals surface area (Å²) in [6.45, 7) is 11.4. The molecule has 2 saturated heterocycles. The molecule has 2 aromatic heterocycles. The number of aromatic nitrogens is 4. The van der Waals surface area contributed by atoms with E-state index in [9.17, 15) is 9.59 Å². The van der Waals surface area contributed by atoms with Crippen LogP contribution in [0.5, 0.6) is 0 Å². The van der Waals surface area contributed by atoms with Gasteiger partial charge in [0.15, 0.2) is 0 Å². The molecule has 268 valence electrons. The van der Waals surface area contributed by atoms with E-state index in [1.54, 1.807) is 0 Å². The predicted octanol–water partition coefficient (Wildman–Crippen LogP) is 9.43. The maximum Gasteiger partial charge on any atom is 0.411 e. The molecule has 6 atom stereocenters. The molecule has 4 aliphatic rings. The van der Waals surface area contributed by atoms with Crippen LogP contribution in [0.3, 0.4) is 0 Å². The number of fused-ring (bicyclic) bond motifs is 3. The van der Waals surface area contributed by atoms with Crippen molar-refractivity contribution in [1.82, 2.24) is 29.7 Å². The molecular weight excluding hydrogens is 652 g/mol. The summed E-state index contributed by atoms with van der Waals surface area (Å²) in [4.78, 5) is 46.6. The van der Waals surface area contributed by atoms with Crippen LogP contribution in [-0.4, -0.2) is 65.2 Å². The summed E-state index contributed by atoms with van der Waals surface area (Å²) in [6.07, 6.45) is 7.14. The largest absolute Gasteiger partial charge is 0.444 e. The van der Waals surface area contributed by atoms with Crippen LogP contribution in [0.4, 0.5) is 9.59 Å². The minimum Gasteiger partial charge on any atom is -0.444 e. The van der Waals surface area contributed by atoms with Crippen LogP contribution < -0.4 is 0 Å². The van der Waals surface area contributed by atoms with Crippen molar-refractivity contribution >= 4 is 23.0 Å². The Morgan fingerprint density at radius 2 is 1.06 bits per heavy atom. The first-order chi connectivity index (χ1) is 24.8. The fourth-order valence-corrected chi connectivity index (χ4v) is 8.32. The lowest BCUT2D eigenvalue weighted by molar-refractivity contribution is 0.0164. The number of aromatic amines is 2. The van der Waals surface area contributed by atoms with Crippen molar-refractivity contribution in [3.8, 4) is 33.6 Å². The smallest absolute Gasteiger partial charge is 0.411 e. The van der Waals surface area contributed by atoms with Crippen LogP contribution in [0.15, 0.2) is 73.1 Å². The van der Waals surface area contributed by atoms with Gasteiger partial charge in [-0.2, -0.15) is 0 Å². The second-order valence-electron chi connectivity index (χ2n) is 17.1. The first-order valence-electron chi connectivity index (χ1n) is 18.6. The molecule has 2 aliphatic carbocycles. The minimum absolute atomic E-state index is 0.0975. The summed E-state index contributed by atoms with van der Waals surface area (Å²) in [6, 6.07) is 21.8. The Hall–Kier alpha value is -5.12. The zero-order valence-electron chi connectivity index (χ0n) is 30.6.